The number of amides is 1. The molecule has 0 saturated heterocycles. The van der Waals surface area contributed by atoms with Crippen molar-refractivity contribution in [2.45, 2.75) is 45.6 Å². The Hall–Kier alpha value is -3.93. The Labute approximate surface area is 198 Å². The van der Waals surface area contributed by atoms with Gasteiger partial charge in [-0.3, -0.25) is 4.79 Å². The van der Waals surface area contributed by atoms with Gasteiger partial charge in [0.1, 0.15) is 17.1 Å². The number of phenols is 1. The summed E-state index contributed by atoms with van der Waals surface area (Å²) in [5.41, 5.74) is 4.21. The Morgan fingerprint density at radius 2 is 1.91 bits per heavy atom. The summed E-state index contributed by atoms with van der Waals surface area (Å²) in [6.07, 6.45) is 10.6. The number of benzene rings is 2. The van der Waals surface area contributed by atoms with Gasteiger partial charge in [0.15, 0.2) is 5.82 Å². The molecule has 0 aliphatic heterocycles. The summed E-state index contributed by atoms with van der Waals surface area (Å²) >= 11 is 0. The van der Waals surface area contributed by atoms with Crippen LogP contribution in [0.5, 0.6) is 5.75 Å². The van der Waals surface area contributed by atoms with Gasteiger partial charge in [0.2, 0.25) is 0 Å². The molecule has 2 aromatic carbocycles. The fourth-order valence-electron chi connectivity index (χ4n) is 4.41. The standard InChI is InChI=1S/C28H28N4O2/c1-2-3-13-24-30-25-26(32(24)18-19-14-16-21(33)17-15-19)22-11-7-8-12-23(22)29-27(25)31-28(34)20-9-5-4-6-10-20/h5,7-12,14-17,33H,2-4,6,13,18H2,1H3,(H,29,31,34). The smallest absolute Gasteiger partial charge is 0.256 e. The number of phenolic OH excluding ortho intramolecular Hbond substituents is 1. The summed E-state index contributed by atoms with van der Waals surface area (Å²) in [6.45, 7) is 2.78. The quantitative estimate of drug-likeness (QED) is 0.366. The number of aromatic nitrogens is 3. The zero-order chi connectivity index (χ0) is 23.5. The lowest BCUT2D eigenvalue weighted by atomic mass is 10.1. The van der Waals surface area contributed by atoms with Gasteiger partial charge >= 0.3 is 0 Å². The van der Waals surface area contributed by atoms with Crippen molar-refractivity contribution in [2.75, 3.05) is 5.32 Å². The third-order valence-electron chi connectivity index (χ3n) is 6.18. The predicted octanol–water partition coefficient (Wildman–Crippen LogP) is 5.90. The molecule has 1 aliphatic rings. The Balaban J connectivity index is 1.67. The van der Waals surface area contributed by atoms with E-state index >= 15 is 0 Å². The molecule has 5 rings (SSSR count). The molecule has 1 aliphatic carbocycles. The maximum absolute atomic E-state index is 13.0. The number of nitrogens with zero attached hydrogens (tertiary/aromatic N) is 3. The second kappa shape index (κ2) is 9.51. The summed E-state index contributed by atoms with van der Waals surface area (Å²) in [6, 6.07) is 15.3. The number of hydrogen-bond donors (Lipinski definition) is 2. The Bertz CT molecular complexity index is 1410. The maximum Gasteiger partial charge on any atom is 0.256 e. The average molecular weight is 453 g/mol. The summed E-state index contributed by atoms with van der Waals surface area (Å²) in [5, 5.41) is 13.8. The predicted molar refractivity (Wildman–Crippen MR) is 136 cm³/mol. The first-order valence-electron chi connectivity index (χ1n) is 11.9. The normalized spacial score (nSPS) is 13.4. The number of carbonyl (C=O) groups excluding carboxylic acids is 1. The number of anilines is 1. The number of nitrogens with one attached hydrogen (secondary N) is 1. The van der Waals surface area contributed by atoms with E-state index in [4.69, 9.17) is 9.97 Å². The molecule has 1 amide bonds. The van der Waals surface area contributed by atoms with Crippen LogP contribution in [0.25, 0.3) is 21.9 Å². The van der Waals surface area contributed by atoms with Crippen LogP contribution in [0.2, 0.25) is 0 Å². The zero-order valence-corrected chi connectivity index (χ0v) is 19.3. The number of imidazole rings is 1. The van der Waals surface area contributed by atoms with Gasteiger partial charge < -0.3 is 15.0 Å². The number of fused-ring (bicyclic) bond motifs is 3. The minimum absolute atomic E-state index is 0.164. The number of para-hydroxylation sites is 1. The molecule has 6 heteroatoms. The van der Waals surface area contributed by atoms with Gasteiger partial charge in [-0.05, 0) is 43.0 Å². The monoisotopic (exact) mass is 452 g/mol. The van der Waals surface area contributed by atoms with Crippen molar-refractivity contribution in [3.8, 4) is 5.75 Å². The SMILES string of the molecule is CCCCc1nc2c(NC(=O)C3=CCCC=C3)nc3ccccc3c2n1Cc1ccc(O)cc1. The van der Waals surface area contributed by atoms with Crippen LogP contribution in [0.15, 0.2) is 72.3 Å². The van der Waals surface area contributed by atoms with E-state index in [-0.39, 0.29) is 11.7 Å². The molecular weight excluding hydrogens is 424 g/mol. The van der Waals surface area contributed by atoms with E-state index in [1.807, 2.05) is 48.6 Å². The minimum Gasteiger partial charge on any atom is -0.508 e. The van der Waals surface area contributed by atoms with Crippen LogP contribution < -0.4 is 5.32 Å². The lowest BCUT2D eigenvalue weighted by Gasteiger charge is -2.13. The zero-order valence-electron chi connectivity index (χ0n) is 19.3. The fraction of sp³-hybridized carbons (Fsp3) is 0.250. The highest BCUT2D eigenvalue weighted by molar-refractivity contribution is 6.13. The van der Waals surface area contributed by atoms with Crippen molar-refractivity contribution < 1.29 is 9.90 Å². The van der Waals surface area contributed by atoms with Crippen LogP contribution >= 0.6 is 0 Å². The van der Waals surface area contributed by atoms with Crippen LogP contribution in [0.1, 0.15) is 44.0 Å². The first-order chi connectivity index (χ1) is 16.6. The molecule has 0 atom stereocenters. The average Bonchev–Trinajstić information content (AvgIpc) is 3.23. The van der Waals surface area contributed by atoms with E-state index in [1.165, 1.54) is 0 Å². The Morgan fingerprint density at radius 3 is 2.68 bits per heavy atom. The molecule has 172 valence electrons. The molecule has 0 bridgehead atoms. The van der Waals surface area contributed by atoms with E-state index < -0.39 is 0 Å². The van der Waals surface area contributed by atoms with Gasteiger partial charge in [0.05, 0.1) is 11.0 Å². The van der Waals surface area contributed by atoms with Gasteiger partial charge in [-0.15, -0.1) is 0 Å². The van der Waals surface area contributed by atoms with Crippen molar-refractivity contribution in [3.63, 3.8) is 0 Å². The summed E-state index contributed by atoms with van der Waals surface area (Å²) < 4.78 is 2.23. The largest absolute Gasteiger partial charge is 0.508 e. The molecule has 2 N–H and O–H groups in total. The van der Waals surface area contributed by atoms with Gasteiger partial charge in [0, 0.05) is 23.9 Å². The van der Waals surface area contributed by atoms with Crippen molar-refractivity contribution >= 4 is 33.7 Å². The summed E-state index contributed by atoms with van der Waals surface area (Å²) in [4.78, 5) is 22.8. The van der Waals surface area contributed by atoms with Crippen molar-refractivity contribution in [2.24, 2.45) is 0 Å². The third-order valence-corrected chi connectivity index (χ3v) is 6.18. The number of rotatable bonds is 7. The van der Waals surface area contributed by atoms with Crippen LogP contribution in [0.4, 0.5) is 5.82 Å². The first kappa shape index (κ1) is 21.9. The lowest BCUT2D eigenvalue weighted by Crippen LogP contribution is -2.15. The number of aryl methyl sites for hydroxylation is 1. The van der Waals surface area contributed by atoms with E-state index in [1.54, 1.807) is 12.1 Å². The number of carbonyl (C=O) groups is 1. The van der Waals surface area contributed by atoms with Crippen molar-refractivity contribution in [1.82, 2.24) is 14.5 Å². The number of hydrogen-bond acceptors (Lipinski definition) is 4. The molecule has 6 nitrogen and oxygen atoms in total. The van der Waals surface area contributed by atoms with Gasteiger partial charge in [0.25, 0.3) is 5.91 Å². The molecule has 2 heterocycles. The Morgan fingerprint density at radius 1 is 1.09 bits per heavy atom. The molecule has 2 aromatic heterocycles. The van der Waals surface area contributed by atoms with Gasteiger partial charge in [-0.2, -0.15) is 0 Å². The molecule has 0 unspecified atom stereocenters. The molecule has 0 fully saturated rings. The topological polar surface area (TPSA) is 80.0 Å². The number of aromatic hydroxyl groups is 1. The second-order valence-electron chi connectivity index (χ2n) is 8.65. The molecule has 0 radical (unpaired) electrons. The lowest BCUT2D eigenvalue weighted by molar-refractivity contribution is -0.112. The van der Waals surface area contributed by atoms with Crippen LogP contribution in [0, 0.1) is 0 Å². The first-order valence-corrected chi connectivity index (χ1v) is 11.9. The summed E-state index contributed by atoms with van der Waals surface area (Å²) in [7, 11) is 0. The van der Waals surface area contributed by atoms with Crippen LogP contribution in [0.3, 0.4) is 0 Å². The number of pyridine rings is 1. The second-order valence-corrected chi connectivity index (χ2v) is 8.65. The highest BCUT2D eigenvalue weighted by atomic mass is 16.3. The molecule has 0 spiro atoms. The van der Waals surface area contributed by atoms with Crippen molar-refractivity contribution in [1.29, 1.82) is 0 Å². The highest BCUT2D eigenvalue weighted by Crippen LogP contribution is 2.32. The van der Waals surface area contributed by atoms with Crippen molar-refractivity contribution in [3.05, 3.63) is 83.7 Å². The summed E-state index contributed by atoms with van der Waals surface area (Å²) in [5.74, 6) is 1.54. The number of unbranched alkanes of at least 4 members (excludes halogenated alkanes) is 1. The van der Waals surface area contributed by atoms with E-state index in [2.05, 4.69) is 22.9 Å². The highest BCUT2D eigenvalue weighted by Gasteiger charge is 2.20. The third kappa shape index (κ3) is 4.31. The van der Waals surface area contributed by atoms with Gasteiger partial charge in [-0.1, -0.05) is 61.9 Å². The minimum atomic E-state index is -0.164. The molecular formula is C28H28N4O2. The molecule has 0 saturated carbocycles. The van der Waals surface area contributed by atoms with Crippen LogP contribution in [-0.4, -0.2) is 25.5 Å². The number of allylic oxidation sites excluding steroid dienone is 2. The van der Waals surface area contributed by atoms with E-state index in [9.17, 15) is 9.90 Å². The van der Waals surface area contributed by atoms with E-state index in [0.717, 1.165) is 59.9 Å². The maximum atomic E-state index is 13.0. The molecule has 4 aromatic rings. The van der Waals surface area contributed by atoms with Crippen LogP contribution in [-0.2, 0) is 17.8 Å². The molecule has 34 heavy (non-hydrogen) atoms. The fourth-order valence-corrected chi connectivity index (χ4v) is 4.41. The Kier molecular flexibility index (Phi) is 6.12. The van der Waals surface area contributed by atoms with E-state index in [0.29, 0.717) is 23.5 Å². The van der Waals surface area contributed by atoms with Gasteiger partial charge in [-0.25, -0.2) is 9.97 Å².